The highest BCUT2D eigenvalue weighted by Gasteiger charge is 2.32. The van der Waals surface area contributed by atoms with Crippen LogP contribution in [-0.2, 0) is 0 Å². The lowest BCUT2D eigenvalue weighted by molar-refractivity contribution is 0.415. The third kappa shape index (κ3) is 2.66. The van der Waals surface area contributed by atoms with E-state index in [9.17, 15) is 0 Å². The molecule has 0 saturated carbocycles. The molecule has 1 aliphatic carbocycles. The zero-order valence-electron chi connectivity index (χ0n) is 15.2. The molecule has 0 heterocycles. The molecule has 0 fully saturated rings. The third-order valence-corrected chi connectivity index (χ3v) is 5.06. The van der Waals surface area contributed by atoms with Crippen LogP contribution < -0.4 is 4.74 Å². The molecule has 26 heavy (non-hydrogen) atoms. The lowest BCUT2D eigenvalue weighted by Crippen LogP contribution is -2.00. The van der Waals surface area contributed by atoms with Gasteiger partial charge in [-0.2, -0.15) is 0 Å². The first kappa shape index (κ1) is 16.4. The van der Waals surface area contributed by atoms with E-state index in [-0.39, 0.29) is 5.92 Å². The van der Waals surface area contributed by atoms with Crippen molar-refractivity contribution in [2.24, 2.45) is 0 Å². The van der Waals surface area contributed by atoms with Crippen molar-refractivity contribution in [2.75, 3.05) is 7.11 Å². The van der Waals surface area contributed by atoms with Crippen molar-refractivity contribution < 1.29 is 4.74 Å². The molecule has 0 radical (unpaired) electrons. The molecule has 1 heteroatoms. The Morgan fingerprint density at radius 2 is 1.46 bits per heavy atom. The first-order valence-electron chi connectivity index (χ1n) is 8.89. The number of ether oxygens (including phenoxy) is 1. The SMILES string of the molecule is C=C(C)C1C(c2ccc(OC)cc2)=C(c2ccccc2)c2ccccc21. The van der Waals surface area contributed by atoms with Crippen LogP contribution in [0.5, 0.6) is 5.75 Å². The Morgan fingerprint density at radius 1 is 0.808 bits per heavy atom. The molecule has 4 rings (SSSR count). The molecule has 3 aromatic carbocycles. The highest BCUT2D eigenvalue weighted by molar-refractivity contribution is 6.06. The van der Waals surface area contributed by atoms with Crippen molar-refractivity contribution in [2.45, 2.75) is 12.8 Å². The van der Waals surface area contributed by atoms with Gasteiger partial charge in [-0.15, -0.1) is 0 Å². The van der Waals surface area contributed by atoms with Crippen LogP contribution in [0.4, 0.5) is 0 Å². The Morgan fingerprint density at radius 3 is 2.12 bits per heavy atom. The summed E-state index contributed by atoms with van der Waals surface area (Å²) in [5, 5.41) is 0. The van der Waals surface area contributed by atoms with E-state index in [0.717, 1.165) is 11.3 Å². The molecular weight excluding hydrogens is 316 g/mol. The summed E-state index contributed by atoms with van der Waals surface area (Å²) in [6, 6.07) is 27.7. The van der Waals surface area contributed by atoms with Gasteiger partial charge < -0.3 is 4.74 Å². The molecule has 0 spiro atoms. The number of allylic oxidation sites excluding steroid dienone is 2. The van der Waals surface area contributed by atoms with Gasteiger partial charge in [0.2, 0.25) is 0 Å². The average molecular weight is 338 g/mol. The summed E-state index contributed by atoms with van der Waals surface area (Å²) in [6.45, 7) is 6.44. The number of methoxy groups -OCH3 is 1. The Labute approximate surface area is 155 Å². The van der Waals surface area contributed by atoms with Crippen molar-refractivity contribution in [3.05, 3.63) is 113 Å². The second-order valence-corrected chi connectivity index (χ2v) is 6.75. The van der Waals surface area contributed by atoms with Gasteiger partial charge >= 0.3 is 0 Å². The number of hydrogen-bond donors (Lipinski definition) is 0. The maximum absolute atomic E-state index is 5.35. The van der Waals surface area contributed by atoms with Crippen molar-refractivity contribution in [3.8, 4) is 5.75 Å². The molecule has 0 N–H and O–H groups in total. The smallest absolute Gasteiger partial charge is 0.118 e. The van der Waals surface area contributed by atoms with Crippen LogP contribution in [0.1, 0.15) is 35.1 Å². The Balaban J connectivity index is 2.01. The van der Waals surface area contributed by atoms with Crippen molar-refractivity contribution in [3.63, 3.8) is 0 Å². The monoisotopic (exact) mass is 338 g/mol. The minimum Gasteiger partial charge on any atom is -0.497 e. The van der Waals surface area contributed by atoms with Gasteiger partial charge in [0.1, 0.15) is 5.75 Å². The lowest BCUT2D eigenvalue weighted by Gasteiger charge is -2.18. The molecule has 1 unspecified atom stereocenters. The van der Waals surface area contributed by atoms with E-state index in [2.05, 4.69) is 80.2 Å². The van der Waals surface area contributed by atoms with E-state index in [0.29, 0.717) is 0 Å². The number of fused-ring (bicyclic) bond motifs is 1. The van der Waals surface area contributed by atoms with Crippen molar-refractivity contribution >= 4 is 11.1 Å². The minimum atomic E-state index is 0.204. The molecule has 0 saturated heterocycles. The Kier molecular flexibility index (Phi) is 4.22. The fraction of sp³-hybridized carbons (Fsp3) is 0.120. The quantitative estimate of drug-likeness (QED) is 0.505. The summed E-state index contributed by atoms with van der Waals surface area (Å²) in [6.07, 6.45) is 0. The highest BCUT2D eigenvalue weighted by Crippen LogP contribution is 2.52. The normalized spacial score (nSPS) is 15.7. The summed E-state index contributed by atoms with van der Waals surface area (Å²) in [5.74, 6) is 1.08. The molecule has 128 valence electrons. The lowest BCUT2D eigenvalue weighted by atomic mass is 9.85. The van der Waals surface area contributed by atoms with Crippen molar-refractivity contribution in [1.82, 2.24) is 0 Å². The first-order chi connectivity index (χ1) is 12.7. The number of rotatable bonds is 4. The summed E-state index contributed by atoms with van der Waals surface area (Å²) in [5.41, 5.74) is 8.90. The van der Waals surface area contributed by atoms with Gasteiger partial charge in [0.25, 0.3) is 0 Å². The van der Waals surface area contributed by atoms with E-state index in [4.69, 9.17) is 4.74 Å². The van der Waals surface area contributed by atoms with Crippen LogP contribution >= 0.6 is 0 Å². The van der Waals surface area contributed by atoms with Crippen molar-refractivity contribution in [1.29, 1.82) is 0 Å². The molecule has 1 aliphatic rings. The fourth-order valence-corrected chi connectivity index (χ4v) is 3.93. The van der Waals surface area contributed by atoms with Gasteiger partial charge in [-0.25, -0.2) is 0 Å². The van der Waals surface area contributed by atoms with Gasteiger partial charge in [-0.3, -0.25) is 0 Å². The maximum atomic E-state index is 5.35. The van der Waals surface area contributed by atoms with Gasteiger partial charge in [0.15, 0.2) is 0 Å². The molecular formula is C25H22O. The summed E-state index contributed by atoms with van der Waals surface area (Å²) in [7, 11) is 1.70. The van der Waals surface area contributed by atoms with Crippen LogP contribution in [0, 0.1) is 0 Å². The molecule has 0 amide bonds. The van der Waals surface area contributed by atoms with E-state index in [1.54, 1.807) is 7.11 Å². The van der Waals surface area contributed by atoms with Crippen LogP contribution in [0.25, 0.3) is 11.1 Å². The van der Waals surface area contributed by atoms with Gasteiger partial charge in [0.05, 0.1) is 7.11 Å². The molecule has 0 aromatic heterocycles. The number of hydrogen-bond acceptors (Lipinski definition) is 1. The maximum Gasteiger partial charge on any atom is 0.118 e. The summed E-state index contributed by atoms with van der Waals surface area (Å²) >= 11 is 0. The second kappa shape index (κ2) is 6.68. The molecule has 1 nitrogen and oxygen atoms in total. The van der Waals surface area contributed by atoms with Crippen LogP contribution in [0.3, 0.4) is 0 Å². The Bertz CT molecular complexity index is 978. The largest absolute Gasteiger partial charge is 0.497 e. The first-order valence-corrected chi connectivity index (χ1v) is 8.89. The predicted molar refractivity (Wildman–Crippen MR) is 109 cm³/mol. The Hall–Kier alpha value is -3.06. The average Bonchev–Trinajstić information content (AvgIpc) is 3.04. The van der Waals surface area contributed by atoms with E-state index < -0.39 is 0 Å². The third-order valence-electron chi connectivity index (χ3n) is 5.06. The topological polar surface area (TPSA) is 9.23 Å². The van der Waals surface area contributed by atoms with Crippen LogP contribution in [-0.4, -0.2) is 7.11 Å². The summed E-state index contributed by atoms with van der Waals surface area (Å²) < 4.78 is 5.35. The fourth-order valence-electron chi connectivity index (χ4n) is 3.93. The van der Waals surface area contributed by atoms with Gasteiger partial charge in [-0.1, -0.05) is 78.9 Å². The zero-order chi connectivity index (χ0) is 18.1. The molecule has 0 bridgehead atoms. The standard InChI is InChI=1S/C25H22O/c1-17(2)23-21-11-7-8-12-22(21)24(18-9-5-4-6-10-18)25(23)19-13-15-20(26-3)16-14-19/h4-16,23H,1H2,2-3H3. The molecule has 3 aromatic rings. The van der Waals surface area contributed by atoms with Gasteiger partial charge in [0, 0.05) is 5.92 Å². The van der Waals surface area contributed by atoms with Crippen LogP contribution in [0.15, 0.2) is 91.0 Å². The zero-order valence-corrected chi connectivity index (χ0v) is 15.2. The van der Waals surface area contributed by atoms with E-state index in [1.807, 2.05) is 12.1 Å². The highest BCUT2D eigenvalue weighted by atomic mass is 16.5. The molecule has 1 atom stereocenters. The van der Waals surface area contributed by atoms with E-state index >= 15 is 0 Å². The van der Waals surface area contributed by atoms with Crippen LogP contribution in [0.2, 0.25) is 0 Å². The minimum absolute atomic E-state index is 0.204. The van der Waals surface area contributed by atoms with E-state index in [1.165, 1.54) is 33.4 Å². The summed E-state index contributed by atoms with van der Waals surface area (Å²) in [4.78, 5) is 0. The number of benzene rings is 3. The second-order valence-electron chi connectivity index (χ2n) is 6.75. The molecule has 0 aliphatic heterocycles. The van der Waals surface area contributed by atoms with Gasteiger partial charge in [-0.05, 0) is 52.5 Å². The predicted octanol–water partition coefficient (Wildman–Crippen LogP) is 6.33.